The van der Waals surface area contributed by atoms with Gasteiger partial charge in [-0.3, -0.25) is 0 Å². The lowest BCUT2D eigenvalue weighted by atomic mass is 10.4. The van der Waals surface area contributed by atoms with Gasteiger partial charge in [0, 0.05) is 0 Å². The highest BCUT2D eigenvalue weighted by Gasteiger charge is 2.22. The molecular formula is C8H17IS. The van der Waals surface area contributed by atoms with E-state index in [9.17, 15) is 0 Å². The minimum Gasteiger partial charge on any atom is -1.00 e. The zero-order valence-electron chi connectivity index (χ0n) is 6.74. The standard InChI is InChI=1S/C8H17S.HI/c1-2-3-6-9-7-4-5-8-9;/h2-8H2,1H3;1H/q+1;/p-1. The molecule has 0 spiro atoms. The van der Waals surface area contributed by atoms with Gasteiger partial charge in [0.15, 0.2) is 0 Å². The molecular weight excluding hydrogens is 255 g/mol. The zero-order chi connectivity index (χ0) is 6.53. The van der Waals surface area contributed by atoms with E-state index in [2.05, 4.69) is 6.92 Å². The maximum atomic E-state index is 2.29. The van der Waals surface area contributed by atoms with Crippen molar-refractivity contribution in [3.63, 3.8) is 0 Å². The summed E-state index contributed by atoms with van der Waals surface area (Å²) in [6, 6.07) is 0. The lowest BCUT2D eigenvalue weighted by molar-refractivity contribution is -0.00000199. The molecule has 0 aromatic rings. The van der Waals surface area contributed by atoms with E-state index in [0.29, 0.717) is 0 Å². The van der Waals surface area contributed by atoms with Crippen LogP contribution in [0.5, 0.6) is 0 Å². The minimum atomic E-state index is 0. The molecule has 0 aromatic carbocycles. The van der Waals surface area contributed by atoms with E-state index in [0.717, 1.165) is 10.9 Å². The van der Waals surface area contributed by atoms with Gasteiger partial charge in [0.2, 0.25) is 0 Å². The smallest absolute Gasteiger partial charge is 0.108 e. The van der Waals surface area contributed by atoms with E-state index in [-0.39, 0.29) is 24.0 Å². The molecule has 1 rings (SSSR count). The normalized spacial score (nSPS) is 18.9. The maximum absolute atomic E-state index is 2.29. The first-order valence-corrected chi connectivity index (χ1v) is 5.81. The van der Waals surface area contributed by atoms with Gasteiger partial charge in [-0.25, -0.2) is 0 Å². The average molecular weight is 272 g/mol. The summed E-state index contributed by atoms with van der Waals surface area (Å²) in [5, 5.41) is 0. The van der Waals surface area contributed by atoms with Crippen LogP contribution in [0.4, 0.5) is 0 Å². The van der Waals surface area contributed by atoms with Crippen molar-refractivity contribution in [3.8, 4) is 0 Å². The number of halogens is 1. The van der Waals surface area contributed by atoms with Crippen LogP contribution in [-0.4, -0.2) is 17.3 Å². The Morgan fingerprint density at radius 3 is 2.30 bits per heavy atom. The van der Waals surface area contributed by atoms with E-state index in [4.69, 9.17) is 0 Å². The molecule has 0 aromatic heterocycles. The van der Waals surface area contributed by atoms with Gasteiger partial charge in [-0.05, 0) is 30.2 Å². The van der Waals surface area contributed by atoms with Crippen molar-refractivity contribution in [1.82, 2.24) is 0 Å². The van der Waals surface area contributed by atoms with E-state index < -0.39 is 0 Å². The molecule has 0 bridgehead atoms. The van der Waals surface area contributed by atoms with Gasteiger partial charge >= 0.3 is 0 Å². The van der Waals surface area contributed by atoms with Crippen molar-refractivity contribution in [2.75, 3.05) is 17.3 Å². The van der Waals surface area contributed by atoms with Gasteiger partial charge in [0.1, 0.15) is 17.3 Å². The summed E-state index contributed by atoms with van der Waals surface area (Å²) in [5.41, 5.74) is 0. The molecule has 0 amide bonds. The molecule has 0 nitrogen and oxygen atoms in total. The molecule has 62 valence electrons. The fourth-order valence-corrected chi connectivity index (χ4v) is 3.80. The predicted octanol–water partition coefficient (Wildman–Crippen LogP) is -0.797. The third-order valence-electron chi connectivity index (χ3n) is 1.90. The molecule has 1 aliphatic heterocycles. The molecule has 0 aliphatic carbocycles. The Bertz CT molecular complexity index is 69.7. The first-order chi connectivity index (χ1) is 4.43. The van der Waals surface area contributed by atoms with Crippen LogP contribution < -0.4 is 24.0 Å². The van der Waals surface area contributed by atoms with Crippen LogP contribution in [0, 0.1) is 0 Å². The largest absolute Gasteiger partial charge is 1.00 e. The summed E-state index contributed by atoms with van der Waals surface area (Å²) in [6.45, 7) is 2.29. The number of hydrogen-bond donors (Lipinski definition) is 0. The van der Waals surface area contributed by atoms with Gasteiger partial charge in [0.25, 0.3) is 0 Å². The SMILES string of the molecule is CCCC[S+]1CCCC1.[I-]. The Morgan fingerprint density at radius 1 is 1.20 bits per heavy atom. The highest BCUT2D eigenvalue weighted by molar-refractivity contribution is 7.97. The molecule has 0 N–H and O–H groups in total. The Morgan fingerprint density at radius 2 is 1.80 bits per heavy atom. The monoisotopic (exact) mass is 272 g/mol. The second-order valence-corrected chi connectivity index (χ2v) is 5.23. The van der Waals surface area contributed by atoms with Gasteiger partial charge < -0.3 is 24.0 Å². The van der Waals surface area contributed by atoms with E-state index in [1.165, 1.54) is 31.4 Å². The summed E-state index contributed by atoms with van der Waals surface area (Å²) < 4.78 is 0. The summed E-state index contributed by atoms with van der Waals surface area (Å²) in [6.07, 6.45) is 5.91. The van der Waals surface area contributed by atoms with Crippen LogP contribution in [0.15, 0.2) is 0 Å². The van der Waals surface area contributed by atoms with Crippen molar-refractivity contribution in [3.05, 3.63) is 0 Å². The van der Waals surface area contributed by atoms with E-state index in [1.54, 1.807) is 11.5 Å². The third-order valence-corrected chi connectivity index (χ3v) is 4.50. The second kappa shape index (κ2) is 6.77. The quantitative estimate of drug-likeness (QED) is 0.466. The van der Waals surface area contributed by atoms with Gasteiger partial charge in [0.05, 0.1) is 0 Å². The zero-order valence-corrected chi connectivity index (χ0v) is 9.71. The number of hydrogen-bond acceptors (Lipinski definition) is 0. The fraction of sp³-hybridized carbons (Fsp3) is 1.00. The number of unbranched alkanes of at least 4 members (excludes halogenated alkanes) is 1. The van der Waals surface area contributed by atoms with Crippen LogP contribution in [0.3, 0.4) is 0 Å². The summed E-state index contributed by atoms with van der Waals surface area (Å²) in [7, 11) is 0.873. The van der Waals surface area contributed by atoms with E-state index in [1.807, 2.05) is 0 Å². The van der Waals surface area contributed by atoms with Crippen molar-refractivity contribution >= 4 is 10.9 Å². The molecule has 1 saturated heterocycles. The molecule has 0 radical (unpaired) electrons. The minimum absolute atomic E-state index is 0. The first-order valence-electron chi connectivity index (χ1n) is 4.07. The molecule has 1 heterocycles. The van der Waals surface area contributed by atoms with Crippen molar-refractivity contribution in [1.29, 1.82) is 0 Å². The molecule has 1 aliphatic rings. The second-order valence-electron chi connectivity index (χ2n) is 2.79. The first kappa shape index (κ1) is 11.1. The van der Waals surface area contributed by atoms with E-state index >= 15 is 0 Å². The summed E-state index contributed by atoms with van der Waals surface area (Å²) in [5.74, 6) is 4.65. The Hall–Kier alpha value is 1.08. The lowest BCUT2D eigenvalue weighted by Gasteiger charge is -1.96. The van der Waals surface area contributed by atoms with Crippen LogP contribution >= 0.6 is 0 Å². The Labute approximate surface area is 84.5 Å². The highest BCUT2D eigenvalue weighted by Crippen LogP contribution is 2.14. The van der Waals surface area contributed by atoms with Gasteiger partial charge in [-0.2, -0.15) is 0 Å². The topological polar surface area (TPSA) is 0 Å². The average Bonchev–Trinajstić information content (AvgIpc) is 2.34. The van der Waals surface area contributed by atoms with Crippen molar-refractivity contribution in [2.45, 2.75) is 32.6 Å². The Balaban J connectivity index is 0.000000810. The predicted molar refractivity (Wildman–Crippen MR) is 46.1 cm³/mol. The fourth-order valence-electron chi connectivity index (χ4n) is 1.27. The molecule has 10 heavy (non-hydrogen) atoms. The van der Waals surface area contributed by atoms with Crippen LogP contribution in [0.2, 0.25) is 0 Å². The van der Waals surface area contributed by atoms with Crippen molar-refractivity contribution < 1.29 is 24.0 Å². The number of rotatable bonds is 3. The van der Waals surface area contributed by atoms with Crippen molar-refractivity contribution in [2.24, 2.45) is 0 Å². The van der Waals surface area contributed by atoms with Crippen LogP contribution in [0.25, 0.3) is 0 Å². The maximum Gasteiger partial charge on any atom is 0.108 e. The molecule has 0 atom stereocenters. The van der Waals surface area contributed by atoms with Gasteiger partial charge in [-0.15, -0.1) is 0 Å². The Kier molecular flexibility index (Phi) is 7.50. The highest BCUT2D eigenvalue weighted by atomic mass is 127. The summed E-state index contributed by atoms with van der Waals surface area (Å²) in [4.78, 5) is 0. The molecule has 0 saturated carbocycles. The van der Waals surface area contributed by atoms with Crippen LogP contribution in [-0.2, 0) is 10.9 Å². The molecule has 1 fully saturated rings. The molecule has 0 unspecified atom stereocenters. The van der Waals surface area contributed by atoms with Gasteiger partial charge in [-0.1, -0.05) is 13.3 Å². The molecule has 2 heteroatoms. The summed E-state index contributed by atoms with van der Waals surface area (Å²) >= 11 is 0. The van der Waals surface area contributed by atoms with Crippen LogP contribution in [0.1, 0.15) is 32.6 Å². The third kappa shape index (κ3) is 4.06. The lowest BCUT2D eigenvalue weighted by Crippen LogP contribution is -3.00.